The molecule has 0 aromatic carbocycles. The first-order valence-electron chi connectivity index (χ1n) is 37.5. The third-order valence-electron chi connectivity index (χ3n) is 17.0. The highest BCUT2D eigenvalue weighted by Crippen LogP contribution is 2.43. The number of carbonyl (C=O) groups excluding carboxylic acids is 2. The van der Waals surface area contributed by atoms with Gasteiger partial charge in [0.2, 0.25) is 5.91 Å². The van der Waals surface area contributed by atoms with E-state index in [0.717, 1.165) is 64.2 Å². The van der Waals surface area contributed by atoms with Crippen molar-refractivity contribution < 1.29 is 37.3 Å². The average molecular weight is 1230 g/mol. The zero-order valence-electron chi connectivity index (χ0n) is 58.1. The lowest BCUT2D eigenvalue weighted by atomic mass is 10.0. The van der Waals surface area contributed by atoms with Crippen LogP contribution in [-0.4, -0.2) is 74.3 Å². The van der Waals surface area contributed by atoms with Crippen molar-refractivity contribution in [3.63, 3.8) is 0 Å². The number of nitrogens with one attached hydrogen (secondary N) is 1. The third kappa shape index (κ3) is 66.4. The Morgan fingerprint density at radius 3 is 1.08 bits per heavy atom. The molecule has 506 valence electrons. The lowest BCUT2D eigenvalue weighted by Crippen LogP contribution is -2.47. The van der Waals surface area contributed by atoms with Gasteiger partial charge in [0.15, 0.2) is 0 Å². The molecule has 3 unspecified atom stereocenters. The summed E-state index contributed by atoms with van der Waals surface area (Å²) in [6.45, 7) is 7.04. The Labute approximate surface area is 535 Å². The smallest absolute Gasteiger partial charge is 0.456 e. The van der Waals surface area contributed by atoms with Crippen molar-refractivity contribution in [3.8, 4) is 0 Å². The number of nitrogens with zero attached hydrogens (tertiary/aromatic N) is 1. The summed E-state index contributed by atoms with van der Waals surface area (Å²) in [5.41, 5.74) is 0. The molecule has 0 heterocycles. The topological polar surface area (TPSA) is 111 Å². The van der Waals surface area contributed by atoms with Gasteiger partial charge in [-0.1, -0.05) is 320 Å². The average Bonchev–Trinajstić information content (AvgIpc) is 3.69. The molecule has 0 saturated carbocycles. The van der Waals surface area contributed by atoms with Crippen molar-refractivity contribution in [2.75, 3.05) is 40.9 Å². The number of ether oxygens (including phenoxy) is 1. The fourth-order valence-corrected chi connectivity index (χ4v) is 11.9. The van der Waals surface area contributed by atoms with Gasteiger partial charge in [-0.25, -0.2) is 4.57 Å². The van der Waals surface area contributed by atoms with E-state index in [2.05, 4.69) is 62.5 Å². The molecule has 86 heavy (non-hydrogen) atoms. The van der Waals surface area contributed by atoms with Crippen LogP contribution in [0.4, 0.5) is 0 Å². The molecule has 0 spiro atoms. The minimum Gasteiger partial charge on any atom is -0.456 e. The number of quaternary nitrogens is 1. The lowest BCUT2D eigenvalue weighted by molar-refractivity contribution is -0.870. The predicted molar refractivity (Wildman–Crippen MR) is 374 cm³/mol. The Morgan fingerprint density at radius 1 is 0.407 bits per heavy atom. The number of carbonyl (C=O) groups is 2. The number of allylic oxidation sites excluding steroid dienone is 7. The van der Waals surface area contributed by atoms with Gasteiger partial charge in [0.05, 0.1) is 33.8 Å². The van der Waals surface area contributed by atoms with E-state index in [4.69, 9.17) is 13.8 Å². The van der Waals surface area contributed by atoms with Crippen molar-refractivity contribution in [1.29, 1.82) is 0 Å². The maximum absolute atomic E-state index is 13.6. The summed E-state index contributed by atoms with van der Waals surface area (Å²) < 4.78 is 30.9. The molecule has 0 aliphatic rings. The van der Waals surface area contributed by atoms with Crippen molar-refractivity contribution in [1.82, 2.24) is 5.32 Å². The Morgan fingerprint density at radius 2 is 0.709 bits per heavy atom. The van der Waals surface area contributed by atoms with Crippen LogP contribution in [0.5, 0.6) is 0 Å². The maximum atomic E-state index is 13.6. The molecule has 0 aliphatic heterocycles. The highest BCUT2D eigenvalue weighted by atomic mass is 31.2. The zero-order valence-corrected chi connectivity index (χ0v) is 59.0. The molecule has 9 nitrogen and oxygen atoms in total. The van der Waals surface area contributed by atoms with Gasteiger partial charge in [0.25, 0.3) is 0 Å². The summed E-state index contributed by atoms with van der Waals surface area (Å²) in [4.78, 5) is 38.0. The number of phosphoric acid groups is 1. The van der Waals surface area contributed by atoms with Gasteiger partial charge in [0, 0.05) is 12.8 Å². The molecule has 1 amide bonds. The Balaban J connectivity index is 4.96. The number of likely N-dealkylation sites (N-methyl/N-ethyl adjacent to an activating group) is 1. The van der Waals surface area contributed by atoms with E-state index >= 15 is 0 Å². The second-order valence-electron chi connectivity index (χ2n) is 26.8. The first kappa shape index (κ1) is 84.0. The highest BCUT2D eigenvalue weighted by Gasteiger charge is 2.30. The van der Waals surface area contributed by atoms with E-state index < -0.39 is 20.0 Å². The second kappa shape index (κ2) is 65.9. The molecule has 0 rings (SSSR count). The third-order valence-corrected chi connectivity index (χ3v) is 18.0. The predicted octanol–water partition coefficient (Wildman–Crippen LogP) is 24.0. The van der Waals surface area contributed by atoms with Gasteiger partial charge in [-0.3, -0.25) is 18.6 Å². The lowest BCUT2D eigenvalue weighted by Gasteiger charge is -2.27. The zero-order chi connectivity index (χ0) is 62.8. The SMILES string of the molecule is CCCCC/C=C\C/C=C\CCCCCCCCCCCCCC(=O)OC(/C=C\CCCCCCCCCCCC)C(COP(=O)(O)OCC[N+](C)(C)C)NC(=O)CCCCCCCCCCCCCCCCCCC/C=C/CCCCCCCC. The van der Waals surface area contributed by atoms with Gasteiger partial charge in [-0.2, -0.15) is 0 Å². The van der Waals surface area contributed by atoms with Crippen LogP contribution in [0.1, 0.15) is 374 Å². The first-order valence-corrected chi connectivity index (χ1v) is 39.0. The second-order valence-corrected chi connectivity index (χ2v) is 28.3. The normalized spacial score (nSPS) is 13.7. The van der Waals surface area contributed by atoms with Gasteiger partial charge < -0.3 is 19.4 Å². The van der Waals surface area contributed by atoms with Crippen LogP contribution >= 0.6 is 7.82 Å². The van der Waals surface area contributed by atoms with Crippen molar-refractivity contribution >= 4 is 19.7 Å². The number of unbranched alkanes of at least 4 members (excludes halogenated alkanes) is 47. The van der Waals surface area contributed by atoms with Gasteiger partial charge in [0.1, 0.15) is 19.3 Å². The fraction of sp³-hybridized carbons (Fsp3) is 0.868. The van der Waals surface area contributed by atoms with Crippen LogP contribution in [0.3, 0.4) is 0 Å². The molecule has 0 aromatic heterocycles. The molecule has 10 heteroatoms. The largest absolute Gasteiger partial charge is 0.472 e. The number of esters is 1. The molecule has 0 bridgehead atoms. The minimum absolute atomic E-state index is 0.0418. The van der Waals surface area contributed by atoms with E-state index in [0.29, 0.717) is 23.9 Å². The number of hydrogen-bond acceptors (Lipinski definition) is 6. The molecule has 3 atom stereocenters. The van der Waals surface area contributed by atoms with Crippen LogP contribution in [0.25, 0.3) is 0 Å². The van der Waals surface area contributed by atoms with E-state index in [1.54, 1.807) is 0 Å². The van der Waals surface area contributed by atoms with E-state index in [1.807, 2.05) is 33.3 Å². The van der Waals surface area contributed by atoms with Gasteiger partial charge >= 0.3 is 13.8 Å². The molecular weight excluding hydrogens is 1080 g/mol. The van der Waals surface area contributed by atoms with Crippen LogP contribution in [0.2, 0.25) is 0 Å². The molecule has 0 radical (unpaired) electrons. The minimum atomic E-state index is -4.45. The number of rotatable bonds is 69. The van der Waals surface area contributed by atoms with E-state index in [9.17, 15) is 19.0 Å². The molecule has 0 aromatic rings. The Bertz CT molecular complexity index is 1610. The molecule has 2 N–H and O–H groups in total. The summed E-state index contributed by atoms with van der Waals surface area (Å²) in [6.07, 6.45) is 84.2. The monoisotopic (exact) mass is 1230 g/mol. The number of amides is 1. The van der Waals surface area contributed by atoms with Gasteiger partial charge in [-0.15, -0.1) is 0 Å². The molecular formula is C76H146N2O7P+. The van der Waals surface area contributed by atoms with Crippen molar-refractivity contribution in [2.45, 2.75) is 386 Å². The summed E-state index contributed by atoms with van der Waals surface area (Å²) in [5.74, 6) is -0.489. The molecule has 0 aliphatic carbocycles. The standard InChI is InChI=1S/C76H145N2O7P/c1-7-10-13-16-19-22-25-28-30-32-34-36-37-38-39-40-41-43-44-46-48-50-53-56-59-62-65-68-75(79)77-73(72-84-86(81,82)83-71-70-78(4,5)6)74(67-64-61-58-55-52-27-24-21-18-15-12-9-3)85-76(80)69-66-63-60-57-54-51-49-47-45-42-35-33-31-29-26-23-20-17-14-11-8-2/h20,23,28-31,64,67,73-74H,7-19,21-22,24-27,32-63,65-66,68-72H2,1-6H3,(H-,77,79,81,82)/p+1/b23-20-,30-28+,31-29-,67-64-. The van der Waals surface area contributed by atoms with Crippen LogP contribution in [0, 0.1) is 0 Å². The highest BCUT2D eigenvalue weighted by molar-refractivity contribution is 7.47. The Hall–Kier alpha value is -2.03. The van der Waals surface area contributed by atoms with E-state index in [1.165, 1.54) is 276 Å². The van der Waals surface area contributed by atoms with E-state index in [-0.39, 0.29) is 25.1 Å². The van der Waals surface area contributed by atoms with Crippen LogP contribution < -0.4 is 5.32 Å². The number of phosphoric ester groups is 1. The molecule has 0 fully saturated rings. The van der Waals surface area contributed by atoms with Crippen LogP contribution in [-0.2, 0) is 27.9 Å². The summed E-state index contributed by atoms with van der Waals surface area (Å²) >= 11 is 0. The Kier molecular flexibility index (Phi) is 64.4. The van der Waals surface area contributed by atoms with Crippen LogP contribution in [0.15, 0.2) is 48.6 Å². The van der Waals surface area contributed by atoms with Crippen molar-refractivity contribution in [2.24, 2.45) is 0 Å². The molecule has 0 saturated heterocycles. The summed E-state index contributed by atoms with van der Waals surface area (Å²) in [6, 6.07) is -0.848. The fourth-order valence-electron chi connectivity index (χ4n) is 11.2. The summed E-state index contributed by atoms with van der Waals surface area (Å²) in [5, 5.41) is 3.08. The van der Waals surface area contributed by atoms with Crippen molar-refractivity contribution in [3.05, 3.63) is 48.6 Å². The summed E-state index contributed by atoms with van der Waals surface area (Å²) in [7, 11) is 1.51. The maximum Gasteiger partial charge on any atom is 0.472 e. The first-order chi connectivity index (χ1) is 41.9. The number of hydrogen-bond donors (Lipinski definition) is 2. The quantitative estimate of drug-likeness (QED) is 0.0205. The van der Waals surface area contributed by atoms with Gasteiger partial charge in [-0.05, 0) is 89.5 Å².